The number of hydrogen-bond donors (Lipinski definition) is 5. The second-order valence-corrected chi connectivity index (χ2v) is 9.50. The summed E-state index contributed by atoms with van der Waals surface area (Å²) in [5.74, 6) is -1.87. The van der Waals surface area contributed by atoms with Crippen molar-refractivity contribution >= 4 is 45.7 Å². The third-order valence-electron chi connectivity index (χ3n) is 6.32. The third-order valence-corrected chi connectivity index (χ3v) is 6.32. The fraction of sp³-hybridized carbons (Fsp3) is 0.200. The fourth-order valence-electron chi connectivity index (χ4n) is 4.21. The van der Waals surface area contributed by atoms with Crippen molar-refractivity contribution in [2.24, 2.45) is 0 Å². The Balaban J connectivity index is 0.000000541. The van der Waals surface area contributed by atoms with Gasteiger partial charge in [0.1, 0.15) is 17.6 Å². The molecular weight excluding hydrogens is 567 g/mol. The van der Waals surface area contributed by atoms with Crippen LogP contribution in [-0.2, 0) is 20.9 Å². The smallest absolute Gasteiger partial charge is 0.490 e. The lowest BCUT2D eigenvalue weighted by molar-refractivity contribution is -0.192. The van der Waals surface area contributed by atoms with E-state index in [1.54, 1.807) is 6.20 Å². The lowest BCUT2D eigenvalue weighted by Gasteiger charge is -2.21. The normalized spacial score (nSPS) is 15.7. The number of nitrogens with one attached hydrogen (secondary N) is 3. The standard InChI is InChI=1S/C28H27N5O3.C2HF3O2/c29-27-24-11-8-22(16-20(24)12-13-30-27)33-26-19-6-9-23(10-7-19)36-14-2-5-25(34)32-21-4-1-3-18(15-21)17-31-28(26)35;3-2(4,5)1(6)7/h1,3-4,6-13,15-16,26,33H,2,5,14,17H2,(H2,29,30)(H,31,35)(H,32,34);(H,6,7). The molecule has 10 nitrogen and oxygen atoms in total. The van der Waals surface area contributed by atoms with E-state index in [0.717, 1.165) is 27.6 Å². The van der Waals surface area contributed by atoms with E-state index >= 15 is 0 Å². The molecule has 3 aromatic carbocycles. The van der Waals surface area contributed by atoms with Gasteiger partial charge in [0.25, 0.3) is 0 Å². The number of nitrogens with zero attached hydrogens (tertiary/aromatic N) is 1. The van der Waals surface area contributed by atoms with E-state index in [1.807, 2.05) is 72.8 Å². The van der Waals surface area contributed by atoms with Gasteiger partial charge in [-0.1, -0.05) is 24.3 Å². The Bertz CT molecular complexity index is 1610. The Kier molecular flexibility index (Phi) is 9.65. The number of benzene rings is 3. The van der Waals surface area contributed by atoms with Crippen molar-refractivity contribution in [1.82, 2.24) is 10.3 Å². The number of carboxylic acid groups (broad SMARTS) is 1. The zero-order chi connectivity index (χ0) is 31.0. The van der Waals surface area contributed by atoms with Gasteiger partial charge in [0.2, 0.25) is 11.8 Å². The minimum Gasteiger partial charge on any atom is -0.494 e. The molecule has 13 heteroatoms. The van der Waals surface area contributed by atoms with Crippen molar-refractivity contribution < 1.29 is 37.4 Å². The van der Waals surface area contributed by atoms with Gasteiger partial charge in [-0.3, -0.25) is 9.59 Å². The Morgan fingerprint density at radius 2 is 1.79 bits per heavy atom. The second kappa shape index (κ2) is 13.6. The van der Waals surface area contributed by atoms with Crippen LogP contribution in [0.5, 0.6) is 5.75 Å². The molecule has 0 spiro atoms. The number of amides is 2. The van der Waals surface area contributed by atoms with Crippen LogP contribution in [0.2, 0.25) is 0 Å². The average molecular weight is 596 g/mol. The molecule has 2 aliphatic rings. The van der Waals surface area contributed by atoms with E-state index in [9.17, 15) is 22.8 Å². The largest absolute Gasteiger partial charge is 0.494 e. The molecule has 6 rings (SSSR count). The summed E-state index contributed by atoms with van der Waals surface area (Å²) in [5, 5.41) is 18.2. The number of alkyl halides is 3. The second-order valence-electron chi connectivity index (χ2n) is 9.50. The third kappa shape index (κ3) is 8.58. The molecule has 1 aromatic heterocycles. The quantitative estimate of drug-likeness (QED) is 0.216. The van der Waals surface area contributed by atoms with Crippen LogP contribution in [0, 0.1) is 0 Å². The van der Waals surface area contributed by atoms with Crippen LogP contribution in [0.4, 0.5) is 30.4 Å². The molecule has 0 aliphatic carbocycles. The highest BCUT2D eigenvalue weighted by molar-refractivity contribution is 5.94. The monoisotopic (exact) mass is 595 g/mol. The molecule has 6 N–H and O–H groups in total. The summed E-state index contributed by atoms with van der Waals surface area (Å²) in [6, 6.07) is 21.9. The van der Waals surface area contributed by atoms with Gasteiger partial charge in [0, 0.05) is 35.9 Å². The molecule has 0 saturated carbocycles. The van der Waals surface area contributed by atoms with Gasteiger partial charge in [-0.2, -0.15) is 13.2 Å². The highest BCUT2D eigenvalue weighted by Crippen LogP contribution is 2.27. The lowest BCUT2D eigenvalue weighted by Crippen LogP contribution is -2.33. The number of carbonyl (C=O) groups excluding carboxylic acids is 2. The molecule has 2 amide bonds. The number of ether oxygens (including phenoxy) is 1. The van der Waals surface area contributed by atoms with Gasteiger partial charge in [-0.05, 0) is 71.5 Å². The zero-order valence-corrected chi connectivity index (χ0v) is 22.6. The van der Waals surface area contributed by atoms with Crippen molar-refractivity contribution in [3.63, 3.8) is 0 Å². The highest BCUT2D eigenvalue weighted by Gasteiger charge is 2.38. The number of carbonyl (C=O) groups is 3. The van der Waals surface area contributed by atoms with Gasteiger partial charge in [-0.25, -0.2) is 9.78 Å². The molecule has 0 fully saturated rings. The molecule has 4 aromatic rings. The first-order valence-electron chi connectivity index (χ1n) is 13.1. The van der Waals surface area contributed by atoms with Gasteiger partial charge in [0.15, 0.2) is 0 Å². The molecule has 0 radical (unpaired) electrons. The molecule has 2 aliphatic heterocycles. The predicted molar refractivity (Wildman–Crippen MR) is 154 cm³/mol. The number of halogens is 3. The summed E-state index contributed by atoms with van der Waals surface area (Å²) in [6.45, 7) is 0.742. The predicted octanol–water partition coefficient (Wildman–Crippen LogP) is 5.03. The summed E-state index contributed by atoms with van der Waals surface area (Å²) < 4.78 is 37.5. The van der Waals surface area contributed by atoms with E-state index in [4.69, 9.17) is 20.4 Å². The Morgan fingerprint density at radius 3 is 2.51 bits per heavy atom. The summed E-state index contributed by atoms with van der Waals surface area (Å²) in [7, 11) is 0. The van der Waals surface area contributed by atoms with Crippen molar-refractivity contribution in [2.45, 2.75) is 31.6 Å². The zero-order valence-electron chi connectivity index (χ0n) is 22.6. The molecule has 1 atom stereocenters. The molecular formula is C30H28F3N5O5. The number of anilines is 3. The van der Waals surface area contributed by atoms with Crippen molar-refractivity contribution in [1.29, 1.82) is 0 Å². The Hall–Kier alpha value is -5.33. The van der Waals surface area contributed by atoms with E-state index in [-0.39, 0.29) is 11.8 Å². The lowest BCUT2D eigenvalue weighted by atomic mass is 10.0. The van der Waals surface area contributed by atoms with Crippen LogP contribution in [0.3, 0.4) is 0 Å². The van der Waals surface area contributed by atoms with Crippen LogP contribution in [0.15, 0.2) is 79.0 Å². The molecule has 43 heavy (non-hydrogen) atoms. The van der Waals surface area contributed by atoms with Gasteiger partial charge in [0.05, 0.1) is 6.61 Å². The van der Waals surface area contributed by atoms with Gasteiger partial charge >= 0.3 is 12.1 Å². The van der Waals surface area contributed by atoms with Gasteiger partial charge in [-0.15, -0.1) is 0 Å². The number of nitrogen functional groups attached to an aromatic ring is 1. The minimum atomic E-state index is -5.08. The van der Waals surface area contributed by atoms with Crippen molar-refractivity contribution in [3.8, 4) is 5.75 Å². The van der Waals surface area contributed by atoms with E-state index in [2.05, 4.69) is 20.9 Å². The molecule has 0 saturated heterocycles. The van der Waals surface area contributed by atoms with Crippen LogP contribution in [0.25, 0.3) is 10.8 Å². The molecule has 1 unspecified atom stereocenters. The highest BCUT2D eigenvalue weighted by atomic mass is 19.4. The maximum Gasteiger partial charge on any atom is 0.490 e. The Morgan fingerprint density at radius 1 is 1.05 bits per heavy atom. The maximum atomic E-state index is 13.4. The number of rotatable bonds is 2. The number of aromatic nitrogens is 1. The number of pyridine rings is 1. The SMILES string of the molecule is Nc1nccc2cc(NC3C(=O)NCc4cccc(c4)NC(=O)CCCOc4ccc3cc4)ccc12.O=C(O)C(F)(F)F. The van der Waals surface area contributed by atoms with E-state index in [1.165, 1.54) is 0 Å². The number of hydrogen-bond acceptors (Lipinski definition) is 7. The number of fused-ring (bicyclic) bond motifs is 11. The first kappa shape index (κ1) is 30.6. The topological polar surface area (TPSA) is 156 Å². The van der Waals surface area contributed by atoms with E-state index < -0.39 is 18.2 Å². The van der Waals surface area contributed by atoms with Crippen LogP contribution in [0.1, 0.15) is 30.0 Å². The summed E-state index contributed by atoms with van der Waals surface area (Å²) in [6.07, 6.45) is -2.46. The van der Waals surface area contributed by atoms with Crippen molar-refractivity contribution in [2.75, 3.05) is 23.0 Å². The van der Waals surface area contributed by atoms with Crippen LogP contribution >= 0.6 is 0 Å². The molecule has 224 valence electrons. The molecule has 4 bridgehead atoms. The summed E-state index contributed by atoms with van der Waals surface area (Å²) in [4.78, 5) is 38.7. The maximum absolute atomic E-state index is 13.4. The molecule has 3 heterocycles. The van der Waals surface area contributed by atoms with E-state index in [0.29, 0.717) is 43.2 Å². The Labute approximate surface area is 244 Å². The first-order valence-corrected chi connectivity index (χ1v) is 13.1. The minimum absolute atomic E-state index is 0.0726. The van der Waals surface area contributed by atoms with Gasteiger partial charge < -0.3 is 31.5 Å². The van der Waals surface area contributed by atoms with Crippen LogP contribution < -0.4 is 26.4 Å². The van der Waals surface area contributed by atoms with Crippen molar-refractivity contribution in [3.05, 3.63) is 90.1 Å². The first-order chi connectivity index (χ1) is 20.5. The summed E-state index contributed by atoms with van der Waals surface area (Å²) >= 11 is 0. The van der Waals surface area contributed by atoms with Crippen LogP contribution in [-0.4, -0.2) is 40.7 Å². The number of aliphatic carboxylic acids is 1. The number of nitrogens with two attached hydrogens (primary N) is 1. The fourth-order valence-corrected chi connectivity index (χ4v) is 4.21. The number of carboxylic acids is 1. The summed E-state index contributed by atoms with van der Waals surface area (Å²) in [5.41, 5.74) is 9.15. The average Bonchev–Trinajstić information content (AvgIpc) is 2.97.